The van der Waals surface area contributed by atoms with Crippen LogP contribution in [0, 0.1) is 0 Å². The Morgan fingerprint density at radius 3 is 2.73 bits per heavy atom. The summed E-state index contributed by atoms with van der Waals surface area (Å²) >= 11 is 3.02. The lowest BCUT2D eigenvalue weighted by atomic mass is 10.2. The van der Waals surface area contributed by atoms with E-state index in [4.69, 9.17) is 5.73 Å². The minimum atomic E-state index is 0.130. The van der Waals surface area contributed by atoms with Crippen molar-refractivity contribution in [2.45, 2.75) is 13.3 Å². The molecule has 7 heteroatoms. The molecule has 5 nitrogen and oxygen atoms in total. The molecule has 2 aromatic heterocycles. The fraction of sp³-hybridized carbons (Fsp3) is 0.467. The van der Waals surface area contributed by atoms with Crippen LogP contribution < -0.4 is 5.73 Å². The van der Waals surface area contributed by atoms with Crippen molar-refractivity contribution in [2.75, 3.05) is 39.5 Å². The second kappa shape index (κ2) is 7.71. The van der Waals surface area contributed by atoms with E-state index in [2.05, 4.69) is 9.88 Å². The van der Waals surface area contributed by atoms with Crippen molar-refractivity contribution in [1.29, 1.82) is 0 Å². The zero-order valence-electron chi connectivity index (χ0n) is 13.2. The first-order valence-corrected chi connectivity index (χ1v) is 8.92. The van der Waals surface area contributed by atoms with E-state index in [1.165, 1.54) is 11.3 Å². The van der Waals surface area contributed by atoms with Gasteiger partial charge in [-0.25, -0.2) is 4.98 Å². The van der Waals surface area contributed by atoms with E-state index >= 15 is 0 Å². The maximum atomic E-state index is 12.5. The lowest BCUT2D eigenvalue weighted by molar-refractivity contribution is -0.130. The molecular formula is C15H22N4OS2. The first-order chi connectivity index (χ1) is 10.5. The summed E-state index contributed by atoms with van der Waals surface area (Å²) in [4.78, 5) is 22.9. The Hall–Kier alpha value is -1.44. The Labute approximate surface area is 139 Å². The monoisotopic (exact) mass is 338 g/mol. The van der Waals surface area contributed by atoms with Crippen molar-refractivity contribution in [3.05, 3.63) is 22.4 Å². The van der Waals surface area contributed by atoms with Crippen LogP contribution in [0.25, 0.3) is 10.6 Å². The molecule has 0 saturated heterocycles. The Balaban J connectivity index is 2.11. The van der Waals surface area contributed by atoms with Gasteiger partial charge < -0.3 is 15.5 Å². The van der Waals surface area contributed by atoms with E-state index < -0.39 is 0 Å². The van der Waals surface area contributed by atoms with E-state index in [0.29, 0.717) is 11.6 Å². The van der Waals surface area contributed by atoms with Gasteiger partial charge >= 0.3 is 0 Å². The van der Waals surface area contributed by atoms with Crippen LogP contribution in [0.2, 0.25) is 0 Å². The van der Waals surface area contributed by atoms with Crippen LogP contribution in [-0.4, -0.2) is 54.4 Å². The smallest absolute Gasteiger partial charge is 0.227 e. The lowest BCUT2D eigenvalue weighted by Crippen LogP contribution is -2.37. The van der Waals surface area contributed by atoms with Crippen LogP contribution >= 0.6 is 22.7 Å². The standard InChI is InChI=1S/C15H22N4OS2/c1-4-19(8-7-18(2)3)13(20)10-12-14(17-15(16)22-12)11-6-5-9-21-11/h5-6,9H,4,7-8,10H2,1-3H3,(H2,16,17). The molecule has 2 aromatic rings. The zero-order valence-corrected chi connectivity index (χ0v) is 14.8. The van der Waals surface area contributed by atoms with Crippen LogP contribution in [0.15, 0.2) is 17.5 Å². The Bertz CT molecular complexity index is 607. The molecule has 0 radical (unpaired) electrons. The summed E-state index contributed by atoms with van der Waals surface area (Å²) in [7, 11) is 4.02. The molecule has 1 amide bonds. The van der Waals surface area contributed by atoms with Gasteiger partial charge in [-0.05, 0) is 32.5 Å². The van der Waals surface area contributed by atoms with Gasteiger partial charge in [-0.1, -0.05) is 6.07 Å². The molecule has 120 valence electrons. The summed E-state index contributed by atoms with van der Waals surface area (Å²) in [5.74, 6) is 0.130. The fourth-order valence-corrected chi connectivity index (χ4v) is 3.77. The Morgan fingerprint density at radius 1 is 1.36 bits per heavy atom. The number of likely N-dealkylation sites (N-methyl/N-ethyl adjacent to an activating group) is 2. The average molecular weight is 339 g/mol. The number of nitrogens with zero attached hydrogens (tertiary/aromatic N) is 3. The van der Waals surface area contributed by atoms with Crippen molar-refractivity contribution >= 4 is 33.7 Å². The van der Waals surface area contributed by atoms with E-state index in [1.54, 1.807) is 11.3 Å². The topological polar surface area (TPSA) is 62.5 Å². The van der Waals surface area contributed by atoms with Crippen LogP contribution in [-0.2, 0) is 11.2 Å². The van der Waals surface area contributed by atoms with Crippen molar-refractivity contribution in [1.82, 2.24) is 14.8 Å². The Kier molecular flexibility index (Phi) is 5.93. The van der Waals surface area contributed by atoms with Gasteiger partial charge in [-0.2, -0.15) is 0 Å². The molecule has 0 spiro atoms. The molecule has 0 atom stereocenters. The summed E-state index contributed by atoms with van der Waals surface area (Å²) in [6.07, 6.45) is 0.364. The molecule has 0 unspecified atom stereocenters. The molecule has 0 fully saturated rings. The normalized spacial score (nSPS) is 11.1. The maximum Gasteiger partial charge on any atom is 0.227 e. The van der Waals surface area contributed by atoms with Crippen molar-refractivity contribution in [2.24, 2.45) is 0 Å². The highest BCUT2D eigenvalue weighted by atomic mass is 32.1. The molecular weight excluding hydrogens is 316 g/mol. The largest absolute Gasteiger partial charge is 0.375 e. The van der Waals surface area contributed by atoms with Gasteiger partial charge in [0.15, 0.2) is 5.13 Å². The van der Waals surface area contributed by atoms with Gasteiger partial charge in [0, 0.05) is 24.5 Å². The molecule has 0 aliphatic rings. The molecule has 0 aliphatic heterocycles. The van der Waals surface area contributed by atoms with Gasteiger partial charge in [0.2, 0.25) is 5.91 Å². The highest BCUT2D eigenvalue weighted by molar-refractivity contribution is 7.17. The summed E-state index contributed by atoms with van der Waals surface area (Å²) in [6.45, 7) is 4.33. The summed E-state index contributed by atoms with van der Waals surface area (Å²) in [6, 6.07) is 3.99. The van der Waals surface area contributed by atoms with Gasteiger partial charge in [0.1, 0.15) is 0 Å². The fourth-order valence-electron chi connectivity index (χ4n) is 2.12. The van der Waals surface area contributed by atoms with E-state index in [9.17, 15) is 4.79 Å². The number of thiophene rings is 1. The summed E-state index contributed by atoms with van der Waals surface area (Å²) in [5.41, 5.74) is 6.70. The van der Waals surface area contributed by atoms with Gasteiger partial charge in [-0.3, -0.25) is 4.79 Å². The number of anilines is 1. The van der Waals surface area contributed by atoms with Crippen molar-refractivity contribution in [3.63, 3.8) is 0 Å². The number of aromatic nitrogens is 1. The minimum Gasteiger partial charge on any atom is -0.375 e. The quantitative estimate of drug-likeness (QED) is 0.842. The third kappa shape index (κ3) is 4.28. The lowest BCUT2D eigenvalue weighted by Gasteiger charge is -2.22. The van der Waals surface area contributed by atoms with Crippen LogP contribution in [0.3, 0.4) is 0 Å². The van der Waals surface area contributed by atoms with E-state index in [-0.39, 0.29) is 5.91 Å². The molecule has 0 bridgehead atoms. The number of carbonyl (C=O) groups excluding carboxylic acids is 1. The van der Waals surface area contributed by atoms with Gasteiger partial charge in [0.05, 0.1) is 17.0 Å². The maximum absolute atomic E-state index is 12.5. The average Bonchev–Trinajstić information content (AvgIpc) is 3.08. The number of nitrogen functional groups attached to an aromatic ring is 1. The Morgan fingerprint density at radius 2 is 2.14 bits per heavy atom. The number of hydrogen-bond donors (Lipinski definition) is 1. The molecule has 2 N–H and O–H groups in total. The van der Waals surface area contributed by atoms with Crippen LogP contribution in [0.4, 0.5) is 5.13 Å². The SMILES string of the molecule is CCN(CCN(C)C)C(=O)Cc1sc(N)nc1-c1cccs1. The number of thiazole rings is 1. The molecule has 2 rings (SSSR count). The number of nitrogens with two attached hydrogens (primary N) is 1. The van der Waals surface area contributed by atoms with E-state index in [0.717, 1.165) is 35.1 Å². The first kappa shape index (κ1) is 16.9. The highest BCUT2D eigenvalue weighted by Crippen LogP contribution is 2.33. The third-order valence-corrected chi connectivity index (χ3v) is 5.09. The van der Waals surface area contributed by atoms with E-state index in [1.807, 2.05) is 43.4 Å². The zero-order chi connectivity index (χ0) is 16.1. The molecule has 0 aromatic carbocycles. The van der Waals surface area contributed by atoms with Gasteiger partial charge in [0.25, 0.3) is 0 Å². The third-order valence-electron chi connectivity index (χ3n) is 3.33. The minimum absolute atomic E-state index is 0.130. The van der Waals surface area contributed by atoms with Crippen LogP contribution in [0.5, 0.6) is 0 Å². The second-order valence-corrected chi connectivity index (χ2v) is 7.32. The van der Waals surface area contributed by atoms with Crippen molar-refractivity contribution < 1.29 is 4.79 Å². The van der Waals surface area contributed by atoms with Crippen LogP contribution in [0.1, 0.15) is 11.8 Å². The number of hydrogen-bond acceptors (Lipinski definition) is 6. The van der Waals surface area contributed by atoms with Crippen molar-refractivity contribution in [3.8, 4) is 10.6 Å². The number of rotatable bonds is 7. The number of carbonyl (C=O) groups is 1. The molecule has 0 aliphatic carbocycles. The first-order valence-electron chi connectivity index (χ1n) is 7.22. The molecule has 22 heavy (non-hydrogen) atoms. The second-order valence-electron chi connectivity index (χ2n) is 5.25. The predicted molar refractivity (Wildman–Crippen MR) is 94.4 cm³/mol. The predicted octanol–water partition coefficient (Wildman–Crippen LogP) is 2.41. The summed E-state index contributed by atoms with van der Waals surface area (Å²) < 4.78 is 0. The highest BCUT2D eigenvalue weighted by Gasteiger charge is 2.19. The van der Waals surface area contributed by atoms with Gasteiger partial charge in [-0.15, -0.1) is 22.7 Å². The summed E-state index contributed by atoms with van der Waals surface area (Å²) in [5, 5.41) is 2.52. The molecule has 0 saturated carbocycles. The molecule has 2 heterocycles. The number of amides is 1.